The Kier molecular flexibility index (Phi) is 8.43. The highest BCUT2D eigenvalue weighted by molar-refractivity contribution is 14.0. The summed E-state index contributed by atoms with van der Waals surface area (Å²) in [7, 11) is 0. The molecule has 0 saturated heterocycles. The van der Waals surface area contributed by atoms with Crippen LogP contribution in [0.25, 0.3) is 0 Å². The number of halogens is 1. The summed E-state index contributed by atoms with van der Waals surface area (Å²) in [6.07, 6.45) is 2.43. The number of furan rings is 1. The van der Waals surface area contributed by atoms with E-state index in [0.29, 0.717) is 31.5 Å². The van der Waals surface area contributed by atoms with Gasteiger partial charge < -0.3 is 29.6 Å². The van der Waals surface area contributed by atoms with E-state index >= 15 is 0 Å². The van der Waals surface area contributed by atoms with Crippen LogP contribution in [0.5, 0.6) is 11.5 Å². The summed E-state index contributed by atoms with van der Waals surface area (Å²) in [5.41, 5.74) is -0.108. The van der Waals surface area contributed by atoms with Crippen LogP contribution in [-0.2, 0) is 12.1 Å². The van der Waals surface area contributed by atoms with Gasteiger partial charge in [-0.05, 0) is 43.7 Å². The van der Waals surface area contributed by atoms with Crippen molar-refractivity contribution in [2.75, 3.05) is 26.3 Å². The highest BCUT2D eigenvalue weighted by Crippen LogP contribution is 2.30. The molecule has 2 aromatic rings. The van der Waals surface area contributed by atoms with Crippen molar-refractivity contribution >= 4 is 29.9 Å². The summed E-state index contributed by atoms with van der Waals surface area (Å²) in [6.45, 7) is 6.50. The lowest BCUT2D eigenvalue weighted by molar-refractivity contribution is 0.0386. The smallest absolute Gasteiger partial charge is 0.191 e. The molecule has 1 atom stereocenters. The molecule has 154 valence electrons. The molecule has 0 fully saturated rings. The summed E-state index contributed by atoms with van der Waals surface area (Å²) >= 11 is 0. The van der Waals surface area contributed by atoms with Gasteiger partial charge in [0.2, 0.25) is 0 Å². The maximum Gasteiger partial charge on any atom is 0.191 e. The molecule has 0 spiro atoms. The molecule has 1 aliphatic rings. The summed E-state index contributed by atoms with van der Waals surface area (Å²) in [5, 5.41) is 16.9. The number of guanidine groups is 1. The highest BCUT2D eigenvalue weighted by atomic mass is 127. The summed E-state index contributed by atoms with van der Waals surface area (Å²) in [6, 6.07) is 9.39. The molecular weight excluding hydrogens is 473 g/mol. The van der Waals surface area contributed by atoms with E-state index < -0.39 is 5.60 Å². The number of ether oxygens (including phenoxy) is 2. The van der Waals surface area contributed by atoms with Gasteiger partial charge in [0.25, 0.3) is 0 Å². The van der Waals surface area contributed by atoms with E-state index in [1.165, 1.54) is 0 Å². The number of benzene rings is 1. The third-order valence-electron chi connectivity index (χ3n) is 4.23. The van der Waals surface area contributed by atoms with Crippen LogP contribution in [-0.4, -0.2) is 37.4 Å². The lowest BCUT2D eigenvalue weighted by Crippen LogP contribution is -2.44. The van der Waals surface area contributed by atoms with Crippen molar-refractivity contribution in [1.29, 1.82) is 0 Å². The van der Waals surface area contributed by atoms with Gasteiger partial charge in [-0.3, -0.25) is 0 Å². The summed E-state index contributed by atoms with van der Waals surface area (Å²) in [5.74, 6) is 2.67. The SMILES string of the molecule is CCNC(=NCc1ccc2c(c1)OCCCO2)NCC(C)(O)c1ccco1.I. The standard InChI is InChI=1S/C20H27N3O4.HI/c1-3-21-19(23-14-20(2,24)18-6-4-9-27-18)22-13-15-7-8-16-17(12-15)26-11-5-10-25-16;/h4,6-9,12,24H,3,5,10-11,13-14H2,1-2H3,(H2,21,22,23);1H. The zero-order chi connectivity index (χ0) is 19.1. The number of rotatable bonds is 6. The summed E-state index contributed by atoms with van der Waals surface area (Å²) < 4.78 is 16.7. The van der Waals surface area contributed by atoms with E-state index in [0.717, 1.165) is 30.0 Å². The molecule has 1 aromatic carbocycles. The lowest BCUT2D eigenvalue weighted by atomic mass is 10.0. The predicted molar refractivity (Wildman–Crippen MR) is 119 cm³/mol. The molecular formula is C20H28IN3O4. The normalized spacial score (nSPS) is 15.8. The van der Waals surface area contributed by atoms with Gasteiger partial charge in [0.15, 0.2) is 17.5 Å². The minimum atomic E-state index is -1.13. The molecule has 0 bridgehead atoms. The molecule has 1 unspecified atom stereocenters. The fourth-order valence-electron chi connectivity index (χ4n) is 2.75. The van der Waals surface area contributed by atoms with Crippen LogP contribution in [0.3, 0.4) is 0 Å². The van der Waals surface area contributed by atoms with Crippen LogP contribution in [0.15, 0.2) is 46.0 Å². The van der Waals surface area contributed by atoms with E-state index in [4.69, 9.17) is 13.9 Å². The first-order valence-electron chi connectivity index (χ1n) is 9.25. The molecule has 2 heterocycles. The molecule has 3 rings (SSSR count). The van der Waals surface area contributed by atoms with Gasteiger partial charge >= 0.3 is 0 Å². The topological polar surface area (TPSA) is 88.3 Å². The van der Waals surface area contributed by atoms with Gasteiger partial charge in [0, 0.05) is 13.0 Å². The lowest BCUT2D eigenvalue weighted by Gasteiger charge is -2.22. The van der Waals surface area contributed by atoms with Crippen LogP contribution in [0.1, 0.15) is 31.6 Å². The van der Waals surface area contributed by atoms with E-state index in [1.807, 2.05) is 25.1 Å². The number of aliphatic imine (C=N–C) groups is 1. The maximum absolute atomic E-state index is 10.6. The van der Waals surface area contributed by atoms with Crippen LogP contribution in [0.4, 0.5) is 0 Å². The Labute approximate surface area is 182 Å². The molecule has 7 nitrogen and oxygen atoms in total. The van der Waals surface area contributed by atoms with Crippen molar-refractivity contribution in [2.45, 2.75) is 32.4 Å². The minimum Gasteiger partial charge on any atom is -0.490 e. The Morgan fingerprint density at radius 1 is 1.18 bits per heavy atom. The second-order valence-electron chi connectivity index (χ2n) is 6.63. The van der Waals surface area contributed by atoms with E-state index in [1.54, 1.807) is 25.3 Å². The van der Waals surface area contributed by atoms with Crippen molar-refractivity contribution in [2.24, 2.45) is 4.99 Å². The molecule has 0 amide bonds. The van der Waals surface area contributed by atoms with Gasteiger partial charge in [-0.15, -0.1) is 24.0 Å². The number of hydrogen-bond acceptors (Lipinski definition) is 5. The van der Waals surface area contributed by atoms with Crippen LogP contribution < -0.4 is 20.1 Å². The van der Waals surface area contributed by atoms with Gasteiger partial charge in [-0.2, -0.15) is 0 Å². The Hall–Kier alpha value is -1.94. The zero-order valence-electron chi connectivity index (χ0n) is 16.2. The van der Waals surface area contributed by atoms with E-state index in [-0.39, 0.29) is 30.5 Å². The number of aliphatic hydroxyl groups is 1. The molecule has 28 heavy (non-hydrogen) atoms. The van der Waals surface area contributed by atoms with Crippen LogP contribution in [0.2, 0.25) is 0 Å². The first-order chi connectivity index (χ1) is 13.1. The van der Waals surface area contributed by atoms with Gasteiger partial charge in [0.05, 0.1) is 32.6 Å². The third-order valence-corrected chi connectivity index (χ3v) is 4.23. The van der Waals surface area contributed by atoms with E-state index in [9.17, 15) is 5.11 Å². The number of nitrogens with one attached hydrogen (secondary N) is 2. The summed E-state index contributed by atoms with van der Waals surface area (Å²) in [4.78, 5) is 4.60. The first-order valence-corrected chi connectivity index (χ1v) is 9.25. The first kappa shape index (κ1) is 22.4. The highest BCUT2D eigenvalue weighted by Gasteiger charge is 2.26. The predicted octanol–water partition coefficient (Wildman–Crippen LogP) is 3.02. The quantitative estimate of drug-likeness (QED) is 0.321. The number of nitrogens with zero attached hydrogens (tertiary/aromatic N) is 1. The molecule has 0 radical (unpaired) electrons. The zero-order valence-corrected chi connectivity index (χ0v) is 18.6. The number of hydrogen-bond donors (Lipinski definition) is 3. The van der Waals surface area contributed by atoms with Gasteiger partial charge in [0.1, 0.15) is 11.4 Å². The second kappa shape index (κ2) is 10.6. The monoisotopic (exact) mass is 501 g/mol. The van der Waals surface area contributed by atoms with Crippen LogP contribution in [0, 0.1) is 0 Å². The second-order valence-corrected chi connectivity index (χ2v) is 6.63. The average molecular weight is 501 g/mol. The average Bonchev–Trinajstić information content (AvgIpc) is 3.11. The van der Waals surface area contributed by atoms with Crippen molar-refractivity contribution in [3.05, 3.63) is 47.9 Å². The molecule has 1 aromatic heterocycles. The fourth-order valence-corrected chi connectivity index (χ4v) is 2.75. The van der Waals surface area contributed by atoms with Crippen molar-refractivity contribution < 1.29 is 19.0 Å². The van der Waals surface area contributed by atoms with Gasteiger partial charge in [-0.25, -0.2) is 4.99 Å². The maximum atomic E-state index is 10.6. The third kappa shape index (κ3) is 6.03. The minimum absolute atomic E-state index is 0. The number of fused-ring (bicyclic) bond motifs is 1. The van der Waals surface area contributed by atoms with Crippen LogP contribution >= 0.6 is 24.0 Å². The van der Waals surface area contributed by atoms with Gasteiger partial charge in [-0.1, -0.05) is 6.07 Å². The van der Waals surface area contributed by atoms with E-state index in [2.05, 4.69) is 15.6 Å². The van der Waals surface area contributed by atoms with Crippen molar-refractivity contribution in [3.8, 4) is 11.5 Å². The molecule has 0 aliphatic carbocycles. The van der Waals surface area contributed by atoms with Crippen molar-refractivity contribution in [3.63, 3.8) is 0 Å². The molecule has 3 N–H and O–H groups in total. The molecule has 0 saturated carbocycles. The molecule has 1 aliphatic heterocycles. The Bertz CT molecular complexity index is 763. The Morgan fingerprint density at radius 2 is 1.96 bits per heavy atom. The molecule has 8 heteroatoms. The Balaban J connectivity index is 0.00000280. The largest absolute Gasteiger partial charge is 0.490 e. The fraction of sp³-hybridized carbons (Fsp3) is 0.450. The van der Waals surface area contributed by atoms with Crippen molar-refractivity contribution in [1.82, 2.24) is 10.6 Å². The Morgan fingerprint density at radius 3 is 2.68 bits per heavy atom.